The van der Waals surface area contributed by atoms with E-state index in [-0.39, 0.29) is 11.4 Å². The van der Waals surface area contributed by atoms with Crippen LogP contribution in [-0.2, 0) is 0 Å². The number of halogens is 2. The summed E-state index contributed by atoms with van der Waals surface area (Å²) in [6.07, 6.45) is 6.30. The molecule has 1 heterocycles. The second-order valence-electron chi connectivity index (χ2n) is 7.26. The van der Waals surface area contributed by atoms with Gasteiger partial charge in [0.25, 0.3) is 0 Å². The van der Waals surface area contributed by atoms with Gasteiger partial charge < -0.3 is 5.32 Å². The van der Waals surface area contributed by atoms with Crippen LogP contribution in [0.4, 0.5) is 10.5 Å². The fourth-order valence-electron chi connectivity index (χ4n) is 3.65. The molecule has 1 atom stereocenters. The number of hydrazone groups is 1. The number of nitrogens with one attached hydrogen (secondary N) is 1. The lowest BCUT2D eigenvalue weighted by molar-refractivity contribution is 0.207. The summed E-state index contributed by atoms with van der Waals surface area (Å²) in [5.41, 5.74) is 2.56. The van der Waals surface area contributed by atoms with Gasteiger partial charge in [-0.15, -0.1) is 0 Å². The first-order valence-corrected chi connectivity index (χ1v) is 13.6. The summed E-state index contributed by atoms with van der Waals surface area (Å²) >= 11 is 13.2. The van der Waals surface area contributed by atoms with Crippen molar-refractivity contribution in [1.82, 2.24) is 5.01 Å². The van der Waals surface area contributed by atoms with E-state index in [1.54, 1.807) is 16.8 Å². The van der Waals surface area contributed by atoms with Crippen molar-refractivity contribution in [2.24, 2.45) is 10.5 Å². The van der Waals surface area contributed by atoms with Gasteiger partial charge in [0.05, 0.1) is 12.3 Å². The SMILES string of the molecule is CSCCCC1(CSC)CN(C(=O)Nc2ccc(Br)cc2)N=C1c1ccc(Cl)cc1. The molecule has 1 aliphatic rings. The lowest BCUT2D eigenvalue weighted by atomic mass is 9.78. The van der Waals surface area contributed by atoms with Gasteiger partial charge in [0.15, 0.2) is 0 Å². The van der Waals surface area contributed by atoms with E-state index in [4.69, 9.17) is 16.7 Å². The Morgan fingerprint density at radius 2 is 1.87 bits per heavy atom. The molecule has 1 aliphatic heterocycles. The smallest absolute Gasteiger partial charge is 0.306 e. The molecule has 2 aromatic carbocycles. The highest BCUT2D eigenvalue weighted by atomic mass is 79.9. The van der Waals surface area contributed by atoms with Crippen molar-refractivity contribution >= 4 is 68.5 Å². The number of nitrogens with zero attached hydrogens (tertiary/aromatic N) is 2. The van der Waals surface area contributed by atoms with E-state index in [0.717, 1.165) is 45.8 Å². The fraction of sp³-hybridized carbons (Fsp3) is 0.364. The summed E-state index contributed by atoms with van der Waals surface area (Å²) in [4.78, 5) is 13.0. The number of carbonyl (C=O) groups excluding carboxylic acids is 1. The summed E-state index contributed by atoms with van der Waals surface area (Å²) < 4.78 is 0.970. The maximum absolute atomic E-state index is 13.0. The molecule has 0 aromatic heterocycles. The molecule has 1 N–H and O–H groups in total. The Balaban J connectivity index is 1.89. The molecule has 2 amide bonds. The molecule has 2 aromatic rings. The van der Waals surface area contributed by atoms with E-state index in [9.17, 15) is 4.79 Å². The summed E-state index contributed by atoms with van der Waals surface area (Å²) in [6, 6.07) is 15.1. The zero-order valence-electron chi connectivity index (χ0n) is 17.0. The molecule has 0 aliphatic carbocycles. The van der Waals surface area contributed by atoms with E-state index in [0.29, 0.717) is 11.6 Å². The van der Waals surface area contributed by atoms with Crippen molar-refractivity contribution in [1.29, 1.82) is 0 Å². The number of carbonyl (C=O) groups is 1. The number of benzene rings is 2. The molecule has 30 heavy (non-hydrogen) atoms. The molecular weight excluding hydrogens is 502 g/mol. The number of hydrogen-bond donors (Lipinski definition) is 1. The Kier molecular flexibility index (Phi) is 8.57. The Bertz CT molecular complexity index is 892. The number of urea groups is 1. The first-order valence-electron chi connectivity index (χ1n) is 9.64. The van der Waals surface area contributed by atoms with E-state index in [1.807, 2.05) is 60.3 Å². The third-order valence-corrected chi connectivity index (χ3v) is 7.37. The van der Waals surface area contributed by atoms with Crippen LogP contribution in [0.15, 0.2) is 58.1 Å². The van der Waals surface area contributed by atoms with Gasteiger partial charge in [-0.3, -0.25) is 0 Å². The van der Waals surface area contributed by atoms with Gasteiger partial charge in [0.2, 0.25) is 0 Å². The summed E-state index contributed by atoms with van der Waals surface area (Å²) in [5.74, 6) is 2.00. The zero-order valence-corrected chi connectivity index (χ0v) is 21.0. The first-order chi connectivity index (χ1) is 14.5. The average molecular weight is 527 g/mol. The molecule has 0 radical (unpaired) electrons. The molecule has 0 fully saturated rings. The first kappa shape index (κ1) is 23.5. The van der Waals surface area contributed by atoms with Gasteiger partial charge in [-0.05, 0) is 73.1 Å². The highest BCUT2D eigenvalue weighted by Gasteiger charge is 2.44. The molecule has 0 saturated carbocycles. The molecule has 3 rings (SSSR count). The minimum atomic E-state index is -0.211. The molecule has 0 saturated heterocycles. The Labute approximate surface area is 200 Å². The highest BCUT2D eigenvalue weighted by molar-refractivity contribution is 9.10. The topological polar surface area (TPSA) is 44.7 Å². The van der Waals surface area contributed by atoms with Crippen molar-refractivity contribution in [3.63, 3.8) is 0 Å². The number of amides is 2. The minimum absolute atomic E-state index is 0.181. The summed E-state index contributed by atoms with van der Waals surface area (Å²) in [5, 5.41) is 10.1. The van der Waals surface area contributed by atoms with Crippen LogP contribution in [0.3, 0.4) is 0 Å². The molecule has 4 nitrogen and oxygen atoms in total. The van der Waals surface area contributed by atoms with Crippen LogP contribution in [0.1, 0.15) is 18.4 Å². The van der Waals surface area contributed by atoms with E-state index in [2.05, 4.69) is 33.8 Å². The molecule has 1 unspecified atom stereocenters. The Hall–Kier alpha value is -1.15. The van der Waals surface area contributed by atoms with Crippen LogP contribution >= 0.6 is 51.1 Å². The number of thioether (sulfide) groups is 2. The van der Waals surface area contributed by atoms with Crippen molar-refractivity contribution in [2.45, 2.75) is 12.8 Å². The van der Waals surface area contributed by atoms with Crippen molar-refractivity contribution in [3.8, 4) is 0 Å². The third-order valence-electron chi connectivity index (χ3n) is 5.05. The van der Waals surface area contributed by atoms with E-state index < -0.39 is 0 Å². The maximum Gasteiger partial charge on any atom is 0.342 e. The van der Waals surface area contributed by atoms with E-state index >= 15 is 0 Å². The van der Waals surface area contributed by atoms with Gasteiger partial charge in [-0.25, -0.2) is 9.80 Å². The van der Waals surface area contributed by atoms with Crippen molar-refractivity contribution in [2.75, 3.05) is 35.9 Å². The van der Waals surface area contributed by atoms with Crippen LogP contribution in [-0.4, -0.2) is 47.3 Å². The van der Waals surface area contributed by atoms with Crippen LogP contribution in [0.25, 0.3) is 0 Å². The Morgan fingerprint density at radius 1 is 1.17 bits per heavy atom. The minimum Gasteiger partial charge on any atom is -0.306 e. The lowest BCUT2D eigenvalue weighted by Crippen LogP contribution is -2.39. The predicted molar refractivity (Wildman–Crippen MR) is 136 cm³/mol. The lowest BCUT2D eigenvalue weighted by Gasteiger charge is -2.30. The monoisotopic (exact) mass is 525 g/mol. The van der Waals surface area contributed by atoms with E-state index in [1.165, 1.54) is 0 Å². The van der Waals surface area contributed by atoms with Crippen LogP contribution in [0.2, 0.25) is 5.02 Å². The van der Waals surface area contributed by atoms with Crippen LogP contribution < -0.4 is 5.32 Å². The van der Waals surface area contributed by atoms with Gasteiger partial charge in [-0.1, -0.05) is 39.7 Å². The van der Waals surface area contributed by atoms with Crippen molar-refractivity contribution in [3.05, 3.63) is 63.6 Å². The van der Waals surface area contributed by atoms with Crippen molar-refractivity contribution < 1.29 is 4.79 Å². The normalized spacial score (nSPS) is 18.4. The molecule has 0 spiro atoms. The second-order valence-corrected chi connectivity index (χ2v) is 10.5. The van der Waals surface area contributed by atoms with Crippen LogP contribution in [0, 0.1) is 5.41 Å². The third kappa shape index (κ3) is 5.75. The summed E-state index contributed by atoms with van der Waals surface area (Å²) in [6.45, 7) is 0.572. The van der Waals surface area contributed by atoms with Gasteiger partial charge >= 0.3 is 6.03 Å². The van der Waals surface area contributed by atoms with Gasteiger partial charge in [-0.2, -0.15) is 28.6 Å². The van der Waals surface area contributed by atoms with Gasteiger partial charge in [0.1, 0.15) is 0 Å². The molecule has 0 bridgehead atoms. The number of anilines is 1. The largest absolute Gasteiger partial charge is 0.342 e. The molecule has 160 valence electrons. The number of hydrogen-bond acceptors (Lipinski definition) is 4. The molecular formula is C22H25BrClN3OS2. The zero-order chi connectivity index (χ0) is 21.6. The van der Waals surface area contributed by atoms with Crippen LogP contribution in [0.5, 0.6) is 0 Å². The molecule has 8 heteroatoms. The highest BCUT2D eigenvalue weighted by Crippen LogP contribution is 2.39. The standard InChI is InChI=1S/C22H25BrClN3OS2/c1-29-13-3-12-22(15-30-2)14-27(21(28)25-19-10-6-17(23)7-11-19)26-20(22)16-4-8-18(24)9-5-16/h4-11H,3,12-15H2,1-2H3,(H,25,28). The predicted octanol–water partition coefficient (Wildman–Crippen LogP) is 6.85. The Morgan fingerprint density at radius 3 is 2.50 bits per heavy atom. The average Bonchev–Trinajstić information content (AvgIpc) is 3.10. The number of rotatable bonds is 8. The summed E-state index contributed by atoms with van der Waals surface area (Å²) in [7, 11) is 0. The maximum atomic E-state index is 13.0. The second kappa shape index (κ2) is 10.9. The fourth-order valence-corrected chi connectivity index (χ4v) is 5.40. The quantitative estimate of drug-likeness (QED) is 0.383. The van der Waals surface area contributed by atoms with Gasteiger partial charge in [0, 0.05) is 26.4 Å².